The van der Waals surface area contributed by atoms with Crippen LogP contribution in [-0.4, -0.2) is 47.6 Å². The molecule has 0 aliphatic heterocycles. The van der Waals surface area contributed by atoms with Gasteiger partial charge in [-0.15, -0.1) is 24.0 Å². The first-order chi connectivity index (χ1) is 14.5. The summed E-state index contributed by atoms with van der Waals surface area (Å²) in [4.78, 5) is 7.21. The maximum atomic E-state index is 11.8. The van der Waals surface area contributed by atoms with Gasteiger partial charge in [0.1, 0.15) is 0 Å². The fourth-order valence-electron chi connectivity index (χ4n) is 2.99. The minimum atomic E-state index is -3.41. The van der Waals surface area contributed by atoms with Crippen molar-refractivity contribution in [1.82, 2.24) is 15.4 Å². The quantitative estimate of drug-likeness (QED) is 0.171. The van der Waals surface area contributed by atoms with Crippen LogP contribution in [0.4, 0.5) is 5.69 Å². The molecule has 2 aromatic carbocycles. The molecule has 0 saturated carbocycles. The maximum absolute atomic E-state index is 11.8. The number of sulfonamides is 1. The van der Waals surface area contributed by atoms with Gasteiger partial charge >= 0.3 is 0 Å². The van der Waals surface area contributed by atoms with Crippen LogP contribution in [-0.2, 0) is 16.6 Å². The predicted molar refractivity (Wildman–Crippen MR) is 140 cm³/mol. The molecule has 0 atom stereocenters. The Morgan fingerprint density at radius 3 is 2.26 bits per heavy atom. The van der Waals surface area contributed by atoms with Crippen molar-refractivity contribution >= 4 is 45.6 Å². The zero-order chi connectivity index (χ0) is 21.8. The molecule has 9 heteroatoms. The van der Waals surface area contributed by atoms with Crippen LogP contribution in [0.3, 0.4) is 0 Å². The highest BCUT2D eigenvalue weighted by Gasteiger charge is 2.10. The van der Waals surface area contributed by atoms with Crippen LogP contribution in [0.1, 0.15) is 25.8 Å². The molecule has 0 amide bonds. The summed E-state index contributed by atoms with van der Waals surface area (Å²) in [5.41, 5.74) is 2.19. The topological polar surface area (TPSA) is 85.8 Å². The third-order valence-electron chi connectivity index (χ3n) is 4.67. The number of halogens is 1. The average molecular weight is 560 g/mol. The summed E-state index contributed by atoms with van der Waals surface area (Å²) in [6.07, 6.45) is 0.990. The Morgan fingerprint density at radius 2 is 1.68 bits per heavy atom. The number of anilines is 1. The molecule has 172 valence electrons. The maximum Gasteiger partial charge on any atom is 0.240 e. The van der Waals surface area contributed by atoms with Gasteiger partial charge in [0.05, 0.1) is 11.4 Å². The zero-order valence-corrected chi connectivity index (χ0v) is 21.6. The van der Waals surface area contributed by atoms with Crippen LogP contribution >= 0.6 is 24.0 Å². The molecule has 0 radical (unpaired) electrons. The molecule has 0 fully saturated rings. The second-order valence-electron chi connectivity index (χ2n) is 6.74. The van der Waals surface area contributed by atoms with E-state index in [0.717, 1.165) is 44.1 Å². The van der Waals surface area contributed by atoms with Gasteiger partial charge in [0.25, 0.3) is 0 Å². The largest absolute Gasteiger partial charge is 0.372 e. The molecule has 3 N–H and O–H groups in total. The molecule has 2 rings (SSSR count). The molecular formula is C22H34IN5O2S. The number of benzene rings is 2. The SMILES string of the molecule is CCNC(=NCc1ccc(S(=O)(=O)NC)cc1)NCCCN(CC)c1ccccc1.I. The van der Waals surface area contributed by atoms with E-state index in [1.807, 2.05) is 13.0 Å². The number of nitrogens with one attached hydrogen (secondary N) is 3. The Balaban J connectivity index is 0.00000480. The fourth-order valence-corrected chi connectivity index (χ4v) is 3.72. The lowest BCUT2D eigenvalue weighted by Crippen LogP contribution is -2.38. The van der Waals surface area contributed by atoms with Crippen molar-refractivity contribution in [1.29, 1.82) is 0 Å². The van der Waals surface area contributed by atoms with Crippen LogP contribution in [0.2, 0.25) is 0 Å². The predicted octanol–water partition coefficient (Wildman–Crippen LogP) is 3.18. The summed E-state index contributed by atoms with van der Waals surface area (Å²) >= 11 is 0. The molecule has 0 saturated heterocycles. The fraction of sp³-hybridized carbons (Fsp3) is 0.409. The third-order valence-corrected chi connectivity index (χ3v) is 6.10. The lowest BCUT2D eigenvalue weighted by atomic mass is 10.2. The molecule has 2 aromatic rings. The van der Waals surface area contributed by atoms with Crippen molar-refractivity contribution in [3.05, 3.63) is 60.2 Å². The third kappa shape index (κ3) is 9.04. The Hall–Kier alpha value is -1.85. The van der Waals surface area contributed by atoms with Gasteiger partial charge < -0.3 is 15.5 Å². The van der Waals surface area contributed by atoms with Gasteiger partial charge in [-0.3, -0.25) is 0 Å². The van der Waals surface area contributed by atoms with E-state index in [4.69, 9.17) is 0 Å². The van der Waals surface area contributed by atoms with Crippen LogP contribution in [0, 0.1) is 0 Å². The molecule has 0 aliphatic rings. The highest BCUT2D eigenvalue weighted by molar-refractivity contribution is 14.0. The van der Waals surface area contributed by atoms with Crippen LogP contribution in [0.15, 0.2) is 64.5 Å². The van der Waals surface area contributed by atoms with Gasteiger partial charge in [-0.25, -0.2) is 18.1 Å². The Kier molecular flexibility index (Phi) is 12.5. The minimum absolute atomic E-state index is 0. The number of para-hydroxylation sites is 1. The molecule has 0 aliphatic carbocycles. The number of nitrogens with zero attached hydrogens (tertiary/aromatic N) is 2. The van der Waals surface area contributed by atoms with E-state index in [1.54, 1.807) is 24.3 Å². The molecule has 0 aromatic heterocycles. The summed E-state index contributed by atoms with van der Waals surface area (Å²) in [6.45, 7) is 8.19. The first-order valence-electron chi connectivity index (χ1n) is 10.3. The highest BCUT2D eigenvalue weighted by atomic mass is 127. The van der Waals surface area contributed by atoms with Gasteiger partial charge in [-0.2, -0.15) is 0 Å². The normalized spacial score (nSPS) is 11.5. The summed E-state index contributed by atoms with van der Waals surface area (Å²) in [5.74, 6) is 0.757. The molecular weight excluding hydrogens is 525 g/mol. The summed E-state index contributed by atoms with van der Waals surface area (Å²) in [6, 6.07) is 17.2. The smallest absolute Gasteiger partial charge is 0.240 e. The van der Waals surface area contributed by atoms with Gasteiger partial charge in [0.2, 0.25) is 10.0 Å². The molecule has 0 unspecified atom stereocenters. The summed E-state index contributed by atoms with van der Waals surface area (Å²) in [7, 11) is -2.01. The highest BCUT2D eigenvalue weighted by Crippen LogP contribution is 2.13. The molecule has 0 bridgehead atoms. The van der Waals surface area contributed by atoms with Gasteiger partial charge in [-0.1, -0.05) is 30.3 Å². The first-order valence-corrected chi connectivity index (χ1v) is 11.8. The number of hydrogen-bond acceptors (Lipinski definition) is 4. The van der Waals surface area contributed by atoms with E-state index >= 15 is 0 Å². The number of hydrogen-bond donors (Lipinski definition) is 3. The van der Waals surface area contributed by atoms with E-state index in [2.05, 4.69) is 56.4 Å². The lowest BCUT2D eigenvalue weighted by Gasteiger charge is -2.23. The Morgan fingerprint density at radius 1 is 1.00 bits per heavy atom. The van der Waals surface area contributed by atoms with Gasteiger partial charge in [-0.05, 0) is 57.1 Å². The van der Waals surface area contributed by atoms with Crippen molar-refractivity contribution in [3.63, 3.8) is 0 Å². The van der Waals surface area contributed by atoms with Crippen molar-refractivity contribution in [3.8, 4) is 0 Å². The molecule has 0 heterocycles. The van der Waals surface area contributed by atoms with Crippen molar-refractivity contribution in [2.45, 2.75) is 31.7 Å². The van der Waals surface area contributed by atoms with Gasteiger partial charge in [0.15, 0.2) is 5.96 Å². The summed E-state index contributed by atoms with van der Waals surface area (Å²) in [5, 5.41) is 6.62. The summed E-state index contributed by atoms with van der Waals surface area (Å²) < 4.78 is 25.9. The van der Waals surface area contributed by atoms with Gasteiger partial charge in [0, 0.05) is 31.9 Å². The first kappa shape index (κ1) is 27.2. The Labute approximate surface area is 203 Å². The Bertz CT molecular complexity index is 890. The molecule has 0 spiro atoms. The van der Waals surface area contributed by atoms with E-state index in [0.29, 0.717) is 6.54 Å². The monoisotopic (exact) mass is 559 g/mol. The van der Waals surface area contributed by atoms with Crippen LogP contribution < -0.4 is 20.3 Å². The van der Waals surface area contributed by atoms with Crippen LogP contribution in [0.25, 0.3) is 0 Å². The molecule has 7 nitrogen and oxygen atoms in total. The number of rotatable bonds is 11. The van der Waals surface area contributed by atoms with Crippen LogP contribution in [0.5, 0.6) is 0 Å². The standard InChI is InChI=1S/C22H33N5O2S.HI/c1-4-24-22(25-16-9-17-27(5-2)20-10-7-6-8-11-20)26-18-19-12-14-21(15-13-19)30(28,29)23-3;/h6-8,10-15,23H,4-5,9,16-18H2,1-3H3,(H2,24,25,26);1H. The van der Waals surface area contributed by atoms with Crippen molar-refractivity contribution in [2.75, 3.05) is 38.1 Å². The number of aliphatic imine (C=N–C) groups is 1. The second-order valence-corrected chi connectivity index (χ2v) is 8.63. The van der Waals surface area contributed by atoms with Crippen molar-refractivity contribution < 1.29 is 8.42 Å². The van der Waals surface area contributed by atoms with E-state index < -0.39 is 10.0 Å². The van der Waals surface area contributed by atoms with E-state index in [-0.39, 0.29) is 28.9 Å². The minimum Gasteiger partial charge on any atom is -0.372 e. The zero-order valence-electron chi connectivity index (χ0n) is 18.5. The lowest BCUT2D eigenvalue weighted by molar-refractivity contribution is 0.588. The average Bonchev–Trinajstić information content (AvgIpc) is 2.78. The number of guanidine groups is 1. The molecule has 31 heavy (non-hydrogen) atoms. The van der Waals surface area contributed by atoms with E-state index in [9.17, 15) is 8.42 Å². The second kappa shape index (κ2) is 14.3. The van der Waals surface area contributed by atoms with E-state index in [1.165, 1.54) is 12.7 Å². The van der Waals surface area contributed by atoms with Crippen molar-refractivity contribution in [2.24, 2.45) is 4.99 Å².